The minimum absolute atomic E-state index is 0.268. The zero-order valence-corrected chi connectivity index (χ0v) is 16.3. The lowest BCUT2D eigenvalue weighted by Crippen LogP contribution is -2.48. The van der Waals surface area contributed by atoms with Crippen molar-refractivity contribution >= 4 is 15.7 Å². The molecule has 2 aromatic carbocycles. The smallest absolute Gasteiger partial charge is 0.243 e. The number of rotatable bonds is 4. The molecule has 0 spiro atoms. The third-order valence-electron chi connectivity index (χ3n) is 4.93. The number of sulfonamides is 1. The maximum atomic E-state index is 13.1. The van der Waals surface area contributed by atoms with Gasteiger partial charge in [0.2, 0.25) is 10.0 Å². The standard InChI is InChI=1S/C20H25FN2O2S/c1-15(2)17-5-4-16(3)20(14-17)26(24,25)23-12-10-22(11-13-23)19-8-6-18(21)7-9-19/h4-9,14-15H,10-13H2,1-3H3. The fourth-order valence-electron chi connectivity index (χ4n) is 3.23. The van der Waals surface area contributed by atoms with E-state index in [4.69, 9.17) is 0 Å². The van der Waals surface area contributed by atoms with E-state index >= 15 is 0 Å². The van der Waals surface area contributed by atoms with Crippen LogP contribution in [0, 0.1) is 12.7 Å². The van der Waals surface area contributed by atoms with Crippen molar-refractivity contribution in [1.29, 1.82) is 0 Å². The summed E-state index contributed by atoms with van der Waals surface area (Å²) in [5, 5.41) is 0. The first-order valence-corrected chi connectivity index (χ1v) is 10.3. The summed E-state index contributed by atoms with van der Waals surface area (Å²) >= 11 is 0. The van der Waals surface area contributed by atoms with E-state index in [-0.39, 0.29) is 11.7 Å². The van der Waals surface area contributed by atoms with Gasteiger partial charge in [0, 0.05) is 31.9 Å². The van der Waals surface area contributed by atoms with Gasteiger partial charge in [-0.1, -0.05) is 26.0 Å². The van der Waals surface area contributed by atoms with Crippen molar-refractivity contribution in [3.05, 3.63) is 59.4 Å². The van der Waals surface area contributed by atoms with Gasteiger partial charge >= 0.3 is 0 Å². The SMILES string of the molecule is Cc1ccc(C(C)C)cc1S(=O)(=O)N1CCN(c2ccc(F)cc2)CC1. The molecule has 3 rings (SSSR count). The van der Waals surface area contributed by atoms with Gasteiger partial charge in [-0.2, -0.15) is 4.31 Å². The molecule has 1 aliphatic rings. The van der Waals surface area contributed by atoms with Crippen LogP contribution >= 0.6 is 0 Å². The van der Waals surface area contributed by atoms with E-state index in [9.17, 15) is 12.8 Å². The maximum Gasteiger partial charge on any atom is 0.243 e. The minimum atomic E-state index is -3.51. The summed E-state index contributed by atoms with van der Waals surface area (Å²) in [7, 11) is -3.51. The van der Waals surface area contributed by atoms with Gasteiger partial charge in [-0.05, 0) is 54.3 Å². The van der Waals surface area contributed by atoms with Crippen LogP contribution < -0.4 is 4.90 Å². The summed E-state index contributed by atoms with van der Waals surface area (Å²) in [6, 6.07) is 12.0. The van der Waals surface area contributed by atoms with Gasteiger partial charge in [-0.25, -0.2) is 12.8 Å². The van der Waals surface area contributed by atoms with Gasteiger partial charge in [0.25, 0.3) is 0 Å². The maximum absolute atomic E-state index is 13.1. The molecular formula is C20H25FN2O2S. The molecule has 0 aliphatic carbocycles. The lowest BCUT2D eigenvalue weighted by Gasteiger charge is -2.35. The summed E-state index contributed by atoms with van der Waals surface area (Å²) in [6.45, 7) is 7.98. The Morgan fingerprint density at radius 2 is 1.58 bits per heavy atom. The van der Waals surface area contributed by atoms with Crippen molar-refractivity contribution < 1.29 is 12.8 Å². The normalized spacial score (nSPS) is 16.3. The highest BCUT2D eigenvalue weighted by atomic mass is 32.2. The Hall–Kier alpha value is -1.92. The van der Waals surface area contributed by atoms with Crippen LogP contribution in [-0.4, -0.2) is 38.9 Å². The van der Waals surface area contributed by atoms with Crippen LogP contribution in [0.3, 0.4) is 0 Å². The molecule has 26 heavy (non-hydrogen) atoms. The Morgan fingerprint density at radius 3 is 2.15 bits per heavy atom. The predicted molar refractivity (Wildman–Crippen MR) is 103 cm³/mol. The van der Waals surface area contributed by atoms with Gasteiger partial charge < -0.3 is 4.90 Å². The second kappa shape index (κ2) is 7.37. The largest absolute Gasteiger partial charge is 0.369 e. The van der Waals surface area contributed by atoms with E-state index in [1.807, 2.05) is 25.1 Å². The fraction of sp³-hybridized carbons (Fsp3) is 0.400. The highest BCUT2D eigenvalue weighted by Gasteiger charge is 2.30. The number of halogens is 1. The molecule has 1 fully saturated rings. The molecule has 2 aromatic rings. The molecule has 0 amide bonds. The third kappa shape index (κ3) is 3.76. The summed E-state index contributed by atoms with van der Waals surface area (Å²) < 4.78 is 40.9. The van der Waals surface area contributed by atoms with Crippen LogP contribution in [-0.2, 0) is 10.0 Å². The molecule has 0 saturated carbocycles. The van der Waals surface area contributed by atoms with Crippen molar-refractivity contribution in [2.45, 2.75) is 31.6 Å². The van der Waals surface area contributed by atoms with E-state index in [2.05, 4.69) is 18.7 Å². The molecule has 0 aromatic heterocycles. The predicted octanol–water partition coefficient (Wildman–Crippen LogP) is 3.77. The molecule has 0 unspecified atom stereocenters. The number of anilines is 1. The van der Waals surface area contributed by atoms with Crippen LogP contribution in [0.25, 0.3) is 0 Å². The number of hydrogen-bond acceptors (Lipinski definition) is 3. The number of nitrogens with zero attached hydrogens (tertiary/aromatic N) is 2. The summed E-state index contributed by atoms with van der Waals surface area (Å²) in [4.78, 5) is 2.49. The van der Waals surface area contributed by atoms with Gasteiger partial charge in [0.1, 0.15) is 5.82 Å². The van der Waals surface area contributed by atoms with Crippen LogP contribution in [0.15, 0.2) is 47.4 Å². The zero-order valence-electron chi connectivity index (χ0n) is 15.4. The average Bonchev–Trinajstić information content (AvgIpc) is 2.62. The molecule has 1 aliphatic heterocycles. The molecule has 0 N–H and O–H groups in total. The van der Waals surface area contributed by atoms with Gasteiger partial charge in [-0.15, -0.1) is 0 Å². The topological polar surface area (TPSA) is 40.6 Å². The number of benzene rings is 2. The van der Waals surface area contributed by atoms with E-state index in [0.29, 0.717) is 31.1 Å². The molecule has 140 valence electrons. The average molecular weight is 376 g/mol. The van der Waals surface area contributed by atoms with Gasteiger partial charge in [0.15, 0.2) is 0 Å². The van der Waals surface area contributed by atoms with Crippen molar-refractivity contribution in [2.24, 2.45) is 0 Å². The van der Waals surface area contributed by atoms with Crippen molar-refractivity contribution in [3.63, 3.8) is 0 Å². The fourth-order valence-corrected chi connectivity index (χ4v) is 4.91. The van der Waals surface area contributed by atoms with E-state index in [0.717, 1.165) is 16.8 Å². The quantitative estimate of drug-likeness (QED) is 0.816. The first-order valence-electron chi connectivity index (χ1n) is 8.90. The molecule has 1 heterocycles. The molecule has 6 heteroatoms. The monoisotopic (exact) mass is 376 g/mol. The van der Waals surface area contributed by atoms with Crippen molar-refractivity contribution in [3.8, 4) is 0 Å². The Bertz CT molecular complexity index is 871. The van der Waals surface area contributed by atoms with E-state index in [1.54, 1.807) is 16.4 Å². The van der Waals surface area contributed by atoms with Crippen molar-refractivity contribution in [2.75, 3.05) is 31.1 Å². The Morgan fingerprint density at radius 1 is 0.962 bits per heavy atom. The summed E-state index contributed by atoms with van der Waals surface area (Å²) in [5.74, 6) is 0.00958. The minimum Gasteiger partial charge on any atom is -0.369 e. The van der Waals surface area contributed by atoms with Crippen LogP contribution in [0.4, 0.5) is 10.1 Å². The van der Waals surface area contributed by atoms with Crippen LogP contribution in [0.1, 0.15) is 30.9 Å². The molecule has 0 bridgehead atoms. The Labute approximate surface area is 155 Å². The first kappa shape index (κ1) is 18.9. The van der Waals surface area contributed by atoms with E-state index < -0.39 is 10.0 Å². The van der Waals surface area contributed by atoms with Crippen molar-refractivity contribution in [1.82, 2.24) is 4.31 Å². The molecule has 0 radical (unpaired) electrons. The van der Waals surface area contributed by atoms with E-state index in [1.165, 1.54) is 12.1 Å². The van der Waals surface area contributed by atoms with Gasteiger partial charge in [-0.3, -0.25) is 0 Å². The highest BCUT2D eigenvalue weighted by Crippen LogP contribution is 2.26. The highest BCUT2D eigenvalue weighted by molar-refractivity contribution is 7.89. The first-order chi connectivity index (χ1) is 12.3. The van der Waals surface area contributed by atoms with Crippen LogP contribution in [0.2, 0.25) is 0 Å². The van der Waals surface area contributed by atoms with Crippen LogP contribution in [0.5, 0.6) is 0 Å². The zero-order chi connectivity index (χ0) is 18.9. The molecular weight excluding hydrogens is 351 g/mol. The second-order valence-electron chi connectivity index (χ2n) is 7.05. The van der Waals surface area contributed by atoms with Gasteiger partial charge in [0.05, 0.1) is 4.90 Å². The Kier molecular flexibility index (Phi) is 5.34. The lowest BCUT2D eigenvalue weighted by atomic mass is 10.0. The Balaban J connectivity index is 1.78. The molecule has 0 atom stereocenters. The lowest BCUT2D eigenvalue weighted by molar-refractivity contribution is 0.384. The second-order valence-corrected chi connectivity index (χ2v) is 8.95. The number of hydrogen-bond donors (Lipinski definition) is 0. The summed E-state index contributed by atoms with van der Waals surface area (Å²) in [5.41, 5.74) is 2.72. The summed E-state index contributed by atoms with van der Waals surface area (Å²) in [6.07, 6.45) is 0. The number of piperazine rings is 1. The number of aryl methyl sites for hydroxylation is 1. The molecule has 4 nitrogen and oxygen atoms in total. The molecule has 1 saturated heterocycles. The third-order valence-corrected chi connectivity index (χ3v) is 6.97.